The van der Waals surface area contributed by atoms with Crippen molar-refractivity contribution in [3.8, 4) is 0 Å². The lowest BCUT2D eigenvalue weighted by atomic mass is 9.96. The summed E-state index contributed by atoms with van der Waals surface area (Å²) < 4.78 is 7.86. The van der Waals surface area contributed by atoms with Crippen LogP contribution in [0.4, 0.5) is 0 Å². The van der Waals surface area contributed by atoms with Crippen molar-refractivity contribution in [1.82, 2.24) is 24.9 Å². The standard InChI is InChI=1S/C17H16ClN5O2S/c1-9-11(16(26)12-7-19-25-15(12)10-3-4-10)5-6-14(18)13(9)8-23-17(24)22(2)20-21-23/h5-7,10H,3-4,8H2,1-2H3. The van der Waals surface area contributed by atoms with Gasteiger partial charge in [0, 0.05) is 18.0 Å². The molecule has 0 atom stereocenters. The van der Waals surface area contributed by atoms with Gasteiger partial charge in [0.1, 0.15) is 5.76 Å². The highest BCUT2D eigenvalue weighted by atomic mass is 35.5. The molecular weight excluding hydrogens is 374 g/mol. The van der Waals surface area contributed by atoms with Crippen molar-refractivity contribution in [3.63, 3.8) is 0 Å². The predicted molar refractivity (Wildman–Crippen MR) is 99.8 cm³/mol. The van der Waals surface area contributed by atoms with Gasteiger partial charge in [-0.25, -0.2) is 4.79 Å². The van der Waals surface area contributed by atoms with Crippen LogP contribution in [0, 0.1) is 6.92 Å². The molecule has 0 spiro atoms. The lowest BCUT2D eigenvalue weighted by Gasteiger charge is -2.13. The lowest BCUT2D eigenvalue weighted by Crippen LogP contribution is -2.24. The van der Waals surface area contributed by atoms with Gasteiger partial charge in [-0.05, 0) is 52.9 Å². The smallest absolute Gasteiger partial charge is 0.360 e. The van der Waals surface area contributed by atoms with Gasteiger partial charge in [0.05, 0.1) is 23.2 Å². The topological polar surface area (TPSA) is 78.7 Å². The zero-order valence-corrected chi connectivity index (χ0v) is 15.8. The molecule has 3 aromatic rings. The van der Waals surface area contributed by atoms with E-state index in [1.165, 1.54) is 9.36 Å². The van der Waals surface area contributed by atoms with Gasteiger partial charge in [-0.15, -0.1) is 0 Å². The van der Waals surface area contributed by atoms with Crippen molar-refractivity contribution in [2.75, 3.05) is 0 Å². The third kappa shape index (κ3) is 2.89. The van der Waals surface area contributed by atoms with E-state index >= 15 is 0 Å². The summed E-state index contributed by atoms with van der Waals surface area (Å²) in [5, 5.41) is 12.1. The summed E-state index contributed by atoms with van der Waals surface area (Å²) in [5.41, 5.74) is 3.13. The molecule has 2 heterocycles. The zero-order valence-electron chi connectivity index (χ0n) is 14.3. The van der Waals surface area contributed by atoms with Gasteiger partial charge in [-0.2, -0.15) is 9.36 Å². The second-order valence-electron chi connectivity index (χ2n) is 6.45. The Labute approximate surface area is 159 Å². The maximum atomic E-state index is 12.0. The number of nitrogens with zero attached hydrogens (tertiary/aromatic N) is 5. The molecule has 7 nitrogen and oxygen atoms in total. The van der Waals surface area contributed by atoms with Crippen LogP contribution in [0.3, 0.4) is 0 Å². The van der Waals surface area contributed by atoms with E-state index < -0.39 is 0 Å². The van der Waals surface area contributed by atoms with Crippen molar-refractivity contribution in [1.29, 1.82) is 0 Å². The van der Waals surface area contributed by atoms with E-state index in [2.05, 4.69) is 15.6 Å². The monoisotopic (exact) mass is 389 g/mol. The zero-order chi connectivity index (χ0) is 18.4. The van der Waals surface area contributed by atoms with Crippen LogP contribution in [-0.2, 0) is 13.6 Å². The summed E-state index contributed by atoms with van der Waals surface area (Å²) >= 11 is 12.1. The van der Waals surface area contributed by atoms with Gasteiger partial charge in [-0.3, -0.25) is 0 Å². The molecule has 0 aliphatic heterocycles. The van der Waals surface area contributed by atoms with Crippen molar-refractivity contribution < 1.29 is 4.52 Å². The van der Waals surface area contributed by atoms with E-state index in [1.54, 1.807) is 19.3 Å². The maximum absolute atomic E-state index is 12.0. The van der Waals surface area contributed by atoms with E-state index in [-0.39, 0.29) is 12.2 Å². The largest absolute Gasteiger partial charge is 0.363 e. The second kappa shape index (κ2) is 6.44. The second-order valence-corrected chi connectivity index (χ2v) is 7.26. The molecule has 0 N–H and O–H groups in total. The molecule has 0 amide bonds. The van der Waals surface area contributed by atoms with E-state index in [9.17, 15) is 4.79 Å². The average Bonchev–Trinajstić information content (AvgIpc) is 3.27. The molecule has 0 radical (unpaired) electrons. The first-order valence-electron chi connectivity index (χ1n) is 8.21. The van der Waals surface area contributed by atoms with Crippen molar-refractivity contribution in [3.05, 3.63) is 61.9 Å². The first kappa shape index (κ1) is 17.1. The molecule has 9 heteroatoms. The van der Waals surface area contributed by atoms with Crippen molar-refractivity contribution in [2.45, 2.75) is 32.2 Å². The Morgan fingerprint density at radius 1 is 1.35 bits per heavy atom. The molecule has 1 aliphatic carbocycles. The summed E-state index contributed by atoms with van der Waals surface area (Å²) in [6, 6.07) is 3.68. The predicted octanol–water partition coefficient (Wildman–Crippen LogP) is 2.62. The molecule has 26 heavy (non-hydrogen) atoms. The average molecular weight is 390 g/mol. The molecule has 1 saturated carbocycles. The highest BCUT2D eigenvalue weighted by molar-refractivity contribution is 7.81. The molecule has 0 unspecified atom stereocenters. The highest BCUT2D eigenvalue weighted by Crippen LogP contribution is 2.42. The fourth-order valence-electron chi connectivity index (χ4n) is 2.97. The minimum atomic E-state index is -0.302. The third-order valence-electron chi connectivity index (χ3n) is 4.66. The van der Waals surface area contributed by atoms with Gasteiger partial charge in [0.2, 0.25) is 0 Å². The number of thiocarbonyl (C=S) groups is 1. The van der Waals surface area contributed by atoms with Gasteiger partial charge >= 0.3 is 5.69 Å². The first-order chi connectivity index (χ1) is 12.5. The summed E-state index contributed by atoms with van der Waals surface area (Å²) in [5.74, 6) is 1.27. The van der Waals surface area contributed by atoms with Crippen molar-refractivity contribution in [2.24, 2.45) is 7.05 Å². The SMILES string of the molecule is Cc1c(C(=S)c2cnoc2C2CC2)ccc(Cl)c1Cn1nnn(C)c1=O. The quantitative estimate of drug-likeness (QED) is 0.493. The number of tetrazole rings is 1. The number of hydrogen-bond donors (Lipinski definition) is 0. The van der Waals surface area contributed by atoms with Crippen LogP contribution in [0.15, 0.2) is 27.6 Å². The Kier molecular flexibility index (Phi) is 4.24. The van der Waals surface area contributed by atoms with Crippen LogP contribution < -0.4 is 5.69 Å². The number of benzene rings is 1. The van der Waals surface area contributed by atoms with Crippen LogP contribution in [0.2, 0.25) is 5.02 Å². The number of halogens is 1. The Morgan fingerprint density at radius 2 is 2.12 bits per heavy atom. The Bertz CT molecular complexity index is 1060. The molecule has 0 saturated heterocycles. The van der Waals surface area contributed by atoms with Crippen LogP contribution in [0.5, 0.6) is 0 Å². The van der Waals surface area contributed by atoms with E-state index in [4.69, 9.17) is 28.3 Å². The fraction of sp³-hybridized carbons (Fsp3) is 0.353. The Balaban J connectivity index is 1.74. The van der Waals surface area contributed by atoms with Gasteiger partial charge in [0.15, 0.2) is 0 Å². The Hall–Kier alpha value is -2.32. The third-order valence-corrected chi connectivity index (χ3v) is 5.46. The molecule has 2 aromatic heterocycles. The highest BCUT2D eigenvalue weighted by Gasteiger charge is 2.32. The molecule has 1 aliphatic rings. The van der Waals surface area contributed by atoms with Crippen LogP contribution in [0.25, 0.3) is 0 Å². The summed E-state index contributed by atoms with van der Waals surface area (Å²) in [6.07, 6.45) is 3.88. The maximum Gasteiger partial charge on any atom is 0.363 e. The number of hydrogen-bond acceptors (Lipinski definition) is 6. The Morgan fingerprint density at radius 3 is 2.77 bits per heavy atom. The number of aryl methyl sites for hydroxylation is 1. The number of aromatic nitrogens is 5. The molecule has 1 fully saturated rings. The van der Waals surface area contributed by atoms with Crippen LogP contribution in [0.1, 0.15) is 46.8 Å². The summed E-state index contributed by atoms with van der Waals surface area (Å²) in [7, 11) is 1.55. The first-order valence-corrected chi connectivity index (χ1v) is 9.00. The normalized spacial score (nSPS) is 14.0. The number of rotatable bonds is 5. The summed E-state index contributed by atoms with van der Waals surface area (Å²) in [4.78, 5) is 12.7. The van der Waals surface area contributed by atoms with Crippen LogP contribution >= 0.6 is 23.8 Å². The molecular formula is C17H16ClN5O2S. The fourth-order valence-corrected chi connectivity index (χ4v) is 3.61. The van der Waals surface area contributed by atoms with Crippen LogP contribution in [-0.4, -0.2) is 29.8 Å². The minimum absolute atomic E-state index is 0.229. The van der Waals surface area contributed by atoms with E-state index in [0.717, 1.165) is 40.9 Å². The van der Waals surface area contributed by atoms with E-state index in [1.807, 2.05) is 13.0 Å². The van der Waals surface area contributed by atoms with Gasteiger partial charge in [0.25, 0.3) is 0 Å². The van der Waals surface area contributed by atoms with E-state index in [0.29, 0.717) is 15.8 Å². The summed E-state index contributed by atoms with van der Waals surface area (Å²) in [6.45, 7) is 2.17. The van der Waals surface area contributed by atoms with Gasteiger partial charge in [-0.1, -0.05) is 35.0 Å². The minimum Gasteiger partial charge on any atom is -0.360 e. The van der Waals surface area contributed by atoms with Crippen molar-refractivity contribution >= 4 is 28.7 Å². The molecule has 1 aromatic carbocycles. The van der Waals surface area contributed by atoms with Gasteiger partial charge < -0.3 is 4.52 Å². The lowest BCUT2D eigenvalue weighted by molar-refractivity contribution is 0.384. The molecule has 4 rings (SSSR count). The molecule has 134 valence electrons. The molecule has 0 bridgehead atoms.